The molecule has 4 nitrogen and oxygen atoms in total. The van der Waals surface area contributed by atoms with Gasteiger partial charge < -0.3 is 14.9 Å². The van der Waals surface area contributed by atoms with Crippen molar-refractivity contribution >= 4 is 0 Å². The Hall–Kier alpha value is -1.52. The zero-order valence-electron chi connectivity index (χ0n) is 14.6. The van der Waals surface area contributed by atoms with Crippen molar-refractivity contribution in [2.24, 2.45) is 0 Å². The monoisotopic (exact) mass is 329 g/mol. The molecule has 1 aromatic carbocycles. The SMILES string of the molecule is C=CCN1CC[C@]23c4c(C)ccc(O)c4O[C@H]2CCC[C@@]3(O)C1C. The number of aromatic hydroxyl groups is 1. The van der Waals surface area contributed by atoms with E-state index in [-0.39, 0.29) is 17.9 Å². The molecule has 0 amide bonds. The summed E-state index contributed by atoms with van der Waals surface area (Å²) in [7, 11) is 0. The first-order valence-electron chi connectivity index (χ1n) is 9.02. The molecule has 2 aliphatic heterocycles. The molecular weight excluding hydrogens is 302 g/mol. The van der Waals surface area contributed by atoms with Crippen LogP contribution in [0.2, 0.25) is 0 Å². The van der Waals surface area contributed by atoms with Crippen molar-refractivity contribution in [2.75, 3.05) is 13.1 Å². The zero-order valence-corrected chi connectivity index (χ0v) is 14.6. The van der Waals surface area contributed by atoms with Gasteiger partial charge in [-0.3, -0.25) is 4.90 Å². The van der Waals surface area contributed by atoms with Crippen LogP contribution < -0.4 is 4.74 Å². The van der Waals surface area contributed by atoms with Crippen LogP contribution in [0.15, 0.2) is 24.8 Å². The van der Waals surface area contributed by atoms with Crippen LogP contribution in [0.5, 0.6) is 11.5 Å². The summed E-state index contributed by atoms with van der Waals surface area (Å²) < 4.78 is 6.24. The molecule has 3 aliphatic rings. The standard InChI is InChI=1S/C20H27NO3/c1-4-11-21-12-10-19-16(6-5-9-20(19,23)14(21)3)24-18-15(22)8-7-13(2)17(18)19/h4,7-8,14,16,22-23H,1,5-6,9-12H2,2-3H3/t14?,16-,19+,20+/m0/s1. The fraction of sp³-hybridized carbons (Fsp3) is 0.600. The summed E-state index contributed by atoms with van der Waals surface area (Å²) in [5.41, 5.74) is 0.886. The van der Waals surface area contributed by atoms with Gasteiger partial charge >= 0.3 is 0 Å². The van der Waals surface area contributed by atoms with Gasteiger partial charge in [-0.25, -0.2) is 0 Å². The van der Waals surface area contributed by atoms with Gasteiger partial charge in [0.25, 0.3) is 0 Å². The van der Waals surface area contributed by atoms with Crippen LogP contribution in [0.1, 0.15) is 43.7 Å². The lowest BCUT2D eigenvalue weighted by Crippen LogP contribution is -2.72. The Balaban J connectivity index is 1.91. The smallest absolute Gasteiger partial charge is 0.165 e. The lowest BCUT2D eigenvalue weighted by molar-refractivity contribution is -0.173. The minimum Gasteiger partial charge on any atom is -0.504 e. The number of rotatable bonds is 2. The molecule has 1 aromatic rings. The van der Waals surface area contributed by atoms with Crippen LogP contribution in [-0.2, 0) is 5.41 Å². The van der Waals surface area contributed by atoms with Crippen molar-refractivity contribution in [1.82, 2.24) is 4.90 Å². The molecule has 1 saturated carbocycles. The number of fused-ring (bicyclic) bond motifs is 1. The Labute approximate surface area is 143 Å². The van der Waals surface area contributed by atoms with Gasteiger partial charge in [0.1, 0.15) is 6.10 Å². The third-order valence-corrected chi connectivity index (χ3v) is 6.79. The average Bonchev–Trinajstić information content (AvgIpc) is 2.91. The molecule has 130 valence electrons. The van der Waals surface area contributed by atoms with Crippen LogP contribution in [0, 0.1) is 6.92 Å². The molecule has 2 fully saturated rings. The molecule has 2 heterocycles. The Morgan fingerprint density at radius 2 is 2.21 bits per heavy atom. The van der Waals surface area contributed by atoms with Crippen molar-refractivity contribution in [3.8, 4) is 11.5 Å². The second-order valence-corrected chi connectivity index (χ2v) is 7.71. The molecule has 2 N–H and O–H groups in total. The third kappa shape index (κ3) is 1.76. The second-order valence-electron chi connectivity index (χ2n) is 7.71. The fourth-order valence-corrected chi connectivity index (χ4v) is 5.64. The molecule has 1 unspecified atom stereocenters. The highest BCUT2D eigenvalue weighted by molar-refractivity contribution is 5.59. The lowest BCUT2D eigenvalue weighted by Gasteiger charge is -2.60. The molecule has 1 saturated heterocycles. The van der Waals surface area contributed by atoms with Gasteiger partial charge in [-0.15, -0.1) is 6.58 Å². The highest BCUT2D eigenvalue weighted by Gasteiger charge is 2.67. The molecule has 0 aromatic heterocycles. The van der Waals surface area contributed by atoms with E-state index < -0.39 is 11.0 Å². The van der Waals surface area contributed by atoms with Gasteiger partial charge in [0.05, 0.1) is 11.0 Å². The highest BCUT2D eigenvalue weighted by Crippen LogP contribution is 2.62. The van der Waals surface area contributed by atoms with Crippen molar-refractivity contribution < 1.29 is 14.9 Å². The van der Waals surface area contributed by atoms with Gasteiger partial charge in [-0.1, -0.05) is 12.1 Å². The Bertz CT molecular complexity index is 688. The third-order valence-electron chi connectivity index (χ3n) is 6.79. The first kappa shape index (κ1) is 16.0. The van der Waals surface area contributed by atoms with Gasteiger partial charge in [0.2, 0.25) is 0 Å². The summed E-state index contributed by atoms with van der Waals surface area (Å²) in [6.07, 6.45) is 5.37. The maximum absolute atomic E-state index is 11.9. The summed E-state index contributed by atoms with van der Waals surface area (Å²) in [5.74, 6) is 0.799. The molecule has 1 aliphatic carbocycles. The number of benzene rings is 1. The number of aryl methyl sites for hydroxylation is 1. The number of nitrogens with zero attached hydrogens (tertiary/aromatic N) is 1. The number of ether oxygens (including phenoxy) is 1. The van der Waals surface area contributed by atoms with Gasteiger partial charge in [-0.05, 0) is 57.7 Å². The number of aliphatic hydroxyl groups is 1. The molecule has 24 heavy (non-hydrogen) atoms. The molecule has 4 atom stereocenters. The Morgan fingerprint density at radius 3 is 2.96 bits per heavy atom. The predicted octanol–water partition coefficient (Wildman–Crippen LogP) is 2.89. The number of phenols is 1. The van der Waals surface area contributed by atoms with E-state index in [1.54, 1.807) is 6.07 Å². The minimum atomic E-state index is -0.846. The lowest BCUT2D eigenvalue weighted by atomic mass is 9.53. The highest BCUT2D eigenvalue weighted by atomic mass is 16.5. The van der Waals surface area contributed by atoms with Crippen molar-refractivity contribution in [3.63, 3.8) is 0 Å². The average molecular weight is 329 g/mol. The fourth-order valence-electron chi connectivity index (χ4n) is 5.64. The van der Waals surface area contributed by atoms with Gasteiger partial charge in [0.15, 0.2) is 11.5 Å². The Morgan fingerprint density at radius 1 is 1.42 bits per heavy atom. The quantitative estimate of drug-likeness (QED) is 0.819. The van der Waals surface area contributed by atoms with Gasteiger partial charge in [0, 0.05) is 18.2 Å². The van der Waals surface area contributed by atoms with Crippen LogP contribution in [-0.4, -0.2) is 45.9 Å². The molecule has 0 bridgehead atoms. The zero-order chi connectivity index (χ0) is 17.1. The summed E-state index contributed by atoms with van der Waals surface area (Å²) in [4.78, 5) is 2.32. The molecular formula is C20H27NO3. The van der Waals surface area contributed by atoms with Crippen molar-refractivity contribution in [1.29, 1.82) is 0 Å². The Kier molecular flexibility index (Phi) is 3.49. The molecule has 4 rings (SSSR count). The number of hydrogen-bond acceptors (Lipinski definition) is 4. The largest absolute Gasteiger partial charge is 0.504 e. The van der Waals surface area contributed by atoms with E-state index in [0.29, 0.717) is 5.75 Å². The van der Waals surface area contributed by atoms with E-state index in [2.05, 4.69) is 25.3 Å². The topological polar surface area (TPSA) is 52.9 Å². The van der Waals surface area contributed by atoms with Crippen molar-refractivity contribution in [3.05, 3.63) is 35.9 Å². The summed E-state index contributed by atoms with van der Waals surface area (Å²) in [5, 5.41) is 22.3. The second kappa shape index (κ2) is 5.24. The predicted molar refractivity (Wildman–Crippen MR) is 93.6 cm³/mol. The maximum Gasteiger partial charge on any atom is 0.165 e. The number of likely N-dealkylation sites (tertiary alicyclic amines) is 1. The van der Waals surface area contributed by atoms with E-state index in [9.17, 15) is 10.2 Å². The normalized spacial score (nSPS) is 38.0. The van der Waals surface area contributed by atoms with Crippen LogP contribution in [0.25, 0.3) is 0 Å². The first-order valence-corrected chi connectivity index (χ1v) is 9.02. The van der Waals surface area contributed by atoms with Gasteiger partial charge in [-0.2, -0.15) is 0 Å². The van der Waals surface area contributed by atoms with E-state index in [1.807, 2.05) is 12.1 Å². The first-order chi connectivity index (χ1) is 11.5. The van der Waals surface area contributed by atoms with E-state index in [0.717, 1.165) is 49.9 Å². The minimum absolute atomic E-state index is 0.0309. The number of hydrogen-bond donors (Lipinski definition) is 2. The summed E-state index contributed by atoms with van der Waals surface area (Å²) in [6.45, 7) is 9.75. The molecule has 1 spiro atoms. The van der Waals surface area contributed by atoms with E-state index >= 15 is 0 Å². The number of phenolic OH excluding ortho intramolecular Hbond substituents is 1. The van der Waals surface area contributed by atoms with E-state index in [4.69, 9.17) is 4.74 Å². The van der Waals surface area contributed by atoms with Crippen LogP contribution in [0.4, 0.5) is 0 Å². The van der Waals surface area contributed by atoms with E-state index in [1.165, 1.54) is 0 Å². The molecule has 4 heteroatoms. The summed E-state index contributed by atoms with van der Waals surface area (Å²) >= 11 is 0. The number of piperidine rings is 1. The van der Waals surface area contributed by atoms with Crippen molar-refractivity contribution in [2.45, 2.75) is 62.7 Å². The van der Waals surface area contributed by atoms with Crippen LogP contribution >= 0.6 is 0 Å². The molecule has 0 radical (unpaired) electrons. The maximum atomic E-state index is 11.9. The van der Waals surface area contributed by atoms with Crippen LogP contribution in [0.3, 0.4) is 0 Å². The summed E-state index contributed by atoms with van der Waals surface area (Å²) in [6, 6.07) is 3.69.